The molecule has 0 rings (SSSR count). The molecule has 1 N–H and O–H groups in total. The van der Waals surface area contributed by atoms with Crippen LogP contribution in [0.15, 0.2) is 24.6 Å². The summed E-state index contributed by atoms with van der Waals surface area (Å²) in [6.45, 7) is 4.43. The zero-order chi connectivity index (χ0) is 9.78. The third-order valence-electron chi connectivity index (χ3n) is 1.88. The van der Waals surface area contributed by atoms with Gasteiger partial charge in [0.25, 0.3) is 0 Å². The topological polar surface area (TPSA) is 12.0 Å². The van der Waals surface area contributed by atoms with Crippen molar-refractivity contribution < 1.29 is 0 Å². The maximum Gasteiger partial charge on any atom is -0.00358 e. The molecule has 76 valence electrons. The highest BCUT2D eigenvalue weighted by molar-refractivity contribution is 4.88. The summed E-state index contributed by atoms with van der Waals surface area (Å²) in [4.78, 5) is 0. The Morgan fingerprint density at radius 3 is 1.69 bits per heavy atom. The Kier molecular flexibility index (Phi) is 10.7. The van der Waals surface area contributed by atoms with Gasteiger partial charge in [-0.1, -0.05) is 51.7 Å². The highest BCUT2D eigenvalue weighted by Crippen LogP contribution is 1.95. The monoisotopic (exact) mass is 181 g/mol. The fourth-order valence-corrected chi connectivity index (χ4v) is 1.00. The van der Waals surface area contributed by atoms with E-state index in [1.54, 1.807) is 0 Å². The largest absolute Gasteiger partial charge is 0.368 e. The summed E-state index contributed by atoms with van der Waals surface area (Å²) < 4.78 is 0. The van der Waals surface area contributed by atoms with E-state index in [-0.39, 0.29) is 0 Å². The standard InChI is InChI=1S/C12H23N/c1-3-5-7-9-11-13-12-10-8-6-4-2/h9-13H,3-8H2,1-2H3. The van der Waals surface area contributed by atoms with Crippen LogP contribution in [0.1, 0.15) is 52.4 Å². The number of nitrogens with one attached hydrogen (secondary N) is 1. The van der Waals surface area contributed by atoms with Crippen LogP contribution in [0.3, 0.4) is 0 Å². The Labute approximate surface area is 82.9 Å². The lowest BCUT2D eigenvalue weighted by Crippen LogP contribution is -1.90. The highest BCUT2D eigenvalue weighted by atomic mass is 14.8. The Hall–Kier alpha value is -0.720. The highest BCUT2D eigenvalue weighted by Gasteiger charge is 1.77. The molecule has 0 fully saturated rings. The summed E-state index contributed by atoms with van der Waals surface area (Å²) >= 11 is 0. The quantitative estimate of drug-likeness (QED) is 0.558. The fraction of sp³-hybridized carbons (Fsp3) is 0.667. The number of rotatable bonds is 8. The number of hydrogen-bond acceptors (Lipinski definition) is 1. The molecule has 0 aromatic heterocycles. The summed E-state index contributed by atoms with van der Waals surface area (Å²) in [5.41, 5.74) is 0. The van der Waals surface area contributed by atoms with Crippen molar-refractivity contribution in [3.63, 3.8) is 0 Å². The van der Waals surface area contributed by atoms with E-state index in [2.05, 4.69) is 31.3 Å². The van der Waals surface area contributed by atoms with Gasteiger partial charge in [0.05, 0.1) is 0 Å². The van der Waals surface area contributed by atoms with Gasteiger partial charge in [-0.3, -0.25) is 0 Å². The molecule has 0 bridgehead atoms. The maximum absolute atomic E-state index is 3.14. The van der Waals surface area contributed by atoms with Crippen molar-refractivity contribution in [1.29, 1.82) is 0 Å². The molecule has 0 spiro atoms. The number of hydrogen-bond donors (Lipinski definition) is 1. The molecule has 0 unspecified atom stereocenters. The second-order valence-corrected chi connectivity index (χ2v) is 3.26. The van der Waals surface area contributed by atoms with Crippen LogP contribution in [0.25, 0.3) is 0 Å². The van der Waals surface area contributed by atoms with Crippen molar-refractivity contribution in [3.05, 3.63) is 24.6 Å². The van der Waals surface area contributed by atoms with E-state index >= 15 is 0 Å². The Bertz CT molecular complexity index is 120. The van der Waals surface area contributed by atoms with Gasteiger partial charge in [0.2, 0.25) is 0 Å². The molecule has 0 heterocycles. The number of unbranched alkanes of at least 4 members (excludes halogenated alkanes) is 4. The molecule has 0 aliphatic rings. The first-order valence-electron chi connectivity index (χ1n) is 5.47. The van der Waals surface area contributed by atoms with Crippen LogP contribution >= 0.6 is 0 Å². The van der Waals surface area contributed by atoms with E-state index in [0.29, 0.717) is 0 Å². The summed E-state index contributed by atoms with van der Waals surface area (Å²) in [7, 11) is 0. The first-order chi connectivity index (χ1) is 6.41. The van der Waals surface area contributed by atoms with E-state index < -0.39 is 0 Å². The minimum atomic E-state index is 1.19. The second kappa shape index (κ2) is 11.3. The Morgan fingerprint density at radius 1 is 0.846 bits per heavy atom. The van der Waals surface area contributed by atoms with Crippen molar-refractivity contribution in [3.8, 4) is 0 Å². The molecule has 0 atom stereocenters. The minimum Gasteiger partial charge on any atom is -0.368 e. The smallest absolute Gasteiger partial charge is 0.00358 e. The molecular weight excluding hydrogens is 158 g/mol. The Balaban J connectivity index is 3.13. The third kappa shape index (κ3) is 11.3. The van der Waals surface area contributed by atoms with Crippen molar-refractivity contribution in [1.82, 2.24) is 5.32 Å². The molecule has 0 aliphatic heterocycles. The minimum absolute atomic E-state index is 1.19. The predicted octanol–water partition coefficient (Wildman–Crippen LogP) is 3.98. The zero-order valence-corrected chi connectivity index (χ0v) is 9.05. The van der Waals surface area contributed by atoms with Crippen LogP contribution in [0.2, 0.25) is 0 Å². The number of allylic oxidation sites excluding steroid dienone is 2. The van der Waals surface area contributed by atoms with Crippen LogP contribution in [0.4, 0.5) is 0 Å². The van der Waals surface area contributed by atoms with Crippen LogP contribution in [-0.2, 0) is 0 Å². The molecule has 0 saturated carbocycles. The Morgan fingerprint density at radius 2 is 1.31 bits per heavy atom. The average molecular weight is 181 g/mol. The lowest BCUT2D eigenvalue weighted by atomic mass is 10.2. The molecule has 0 aromatic rings. The van der Waals surface area contributed by atoms with Gasteiger partial charge in [0.1, 0.15) is 0 Å². The van der Waals surface area contributed by atoms with Crippen LogP contribution < -0.4 is 5.32 Å². The van der Waals surface area contributed by atoms with Gasteiger partial charge in [-0.15, -0.1) is 0 Å². The van der Waals surface area contributed by atoms with Gasteiger partial charge >= 0.3 is 0 Å². The van der Waals surface area contributed by atoms with Crippen molar-refractivity contribution in [2.45, 2.75) is 52.4 Å². The molecule has 0 amide bonds. The van der Waals surface area contributed by atoms with Gasteiger partial charge in [0, 0.05) is 0 Å². The summed E-state index contributed by atoms with van der Waals surface area (Å²) in [5.74, 6) is 0. The van der Waals surface area contributed by atoms with Crippen molar-refractivity contribution in [2.75, 3.05) is 0 Å². The second-order valence-electron chi connectivity index (χ2n) is 3.26. The molecule has 0 saturated heterocycles. The van der Waals surface area contributed by atoms with Gasteiger partial charge in [-0.25, -0.2) is 0 Å². The molecular formula is C12H23N. The van der Waals surface area contributed by atoms with E-state index in [4.69, 9.17) is 0 Å². The summed E-state index contributed by atoms with van der Waals surface area (Å²) in [5, 5.41) is 3.14. The third-order valence-corrected chi connectivity index (χ3v) is 1.88. The van der Waals surface area contributed by atoms with E-state index in [0.717, 1.165) is 0 Å². The first-order valence-corrected chi connectivity index (χ1v) is 5.47. The average Bonchev–Trinajstić information content (AvgIpc) is 2.16. The maximum atomic E-state index is 3.14. The van der Waals surface area contributed by atoms with E-state index in [1.807, 2.05) is 12.4 Å². The molecule has 1 nitrogen and oxygen atoms in total. The molecule has 0 aliphatic carbocycles. The van der Waals surface area contributed by atoms with Crippen LogP contribution in [0.5, 0.6) is 0 Å². The van der Waals surface area contributed by atoms with Gasteiger partial charge in [-0.05, 0) is 25.2 Å². The van der Waals surface area contributed by atoms with Gasteiger partial charge in [-0.2, -0.15) is 0 Å². The first kappa shape index (κ1) is 12.3. The fourth-order valence-electron chi connectivity index (χ4n) is 1.00. The summed E-state index contributed by atoms with van der Waals surface area (Å²) in [6, 6.07) is 0. The molecule has 0 radical (unpaired) electrons. The van der Waals surface area contributed by atoms with Crippen molar-refractivity contribution in [2.24, 2.45) is 0 Å². The van der Waals surface area contributed by atoms with Gasteiger partial charge < -0.3 is 5.32 Å². The SMILES string of the molecule is CCCCC=CNC=CCCCC. The molecule has 0 aromatic carbocycles. The molecule has 13 heavy (non-hydrogen) atoms. The normalized spacial score (nSPS) is 11.5. The zero-order valence-electron chi connectivity index (χ0n) is 9.05. The lowest BCUT2D eigenvalue weighted by molar-refractivity contribution is 0.808. The summed E-state index contributed by atoms with van der Waals surface area (Å²) in [6.07, 6.45) is 15.9. The van der Waals surface area contributed by atoms with Crippen molar-refractivity contribution >= 4 is 0 Å². The van der Waals surface area contributed by atoms with Crippen LogP contribution in [-0.4, -0.2) is 0 Å². The van der Waals surface area contributed by atoms with Gasteiger partial charge in [0.15, 0.2) is 0 Å². The molecule has 1 heteroatoms. The lowest BCUT2D eigenvalue weighted by Gasteiger charge is -1.91. The van der Waals surface area contributed by atoms with E-state index in [9.17, 15) is 0 Å². The van der Waals surface area contributed by atoms with E-state index in [1.165, 1.54) is 38.5 Å². The predicted molar refractivity (Wildman–Crippen MR) is 60.5 cm³/mol. The van der Waals surface area contributed by atoms with Crippen LogP contribution in [0, 0.1) is 0 Å².